The molecule has 4 aliphatic rings. The summed E-state index contributed by atoms with van der Waals surface area (Å²) in [5.74, 6) is 0.884. The first kappa shape index (κ1) is 23.5. The highest BCUT2D eigenvalue weighted by atomic mass is 19.4. The van der Waals surface area contributed by atoms with Crippen LogP contribution < -0.4 is 5.69 Å². The molecule has 1 aromatic carbocycles. The standard InChI is InChI=1S/C29H29F3N6O/c1-35-18-33-34-24(35)28(14-26(15-28)5-6-26)20-3-2-4-21(10-20)37-13-23-22(29(30,31)32)9-19(12-38(23)25(37)39)11-36-16-27(17-36)7-8-27/h2-4,9-10,12-13,18H,5-8,11,14-17H2,1H3. The molecule has 0 radical (unpaired) electrons. The largest absolute Gasteiger partial charge is 0.418 e. The van der Waals surface area contributed by atoms with Gasteiger partial charge in [-0.05, 0) is 78.7 Å². The van der Waals surface area contributed by atoms with Gasteiger partial charge in [0.15, 0.2) is 0 Å². The Morgan fingerprint density at radius 1 is 1.00 bits per heavy atom. The molecule has 39 heavy (non-hydrogen) atoms. The third-order valence-corrected chi connectivity index (χ3v) is 9.74. The van der Waals surface area contributed by atoms with E-state index in [1.165, 1.54) is 46.9 Å². The van der Waals surface area contributed by atoms with Gasteiger partial charge in [-0.3, -0.25) is 13.9 Å². The predicted octanol–water partition coefficient (Wildman–Crippen LogP) is 4.69. The molecule has 4 heterocycles. The van der Waals surface area contributed by atoms with Crippen molar-refractivity contribution < 1.29 is 13.2 Å². The lowest BCUT2D eigenvalue weighted by Crippen LogP contribution is -2.47. The summed E-state index contributed by atoms with van der Waals surface area (Å²) in [4.78, 5) is 15.8. The second kappa shape index (κ2) is 7.41. The minimum Gasteiger partial charge on any atom is -0.320 e. The Morgan fingerprint density at radius 2 is 1.74 bits per heavy atom. The van der Waals surface area contributed by atoms with E-state index in [2.05, 4.69) is 15.1 Å². The molecular weight excluding hydrogens is 505 g/mol. The topological polar surface area (TPSA) is 60.4 Å². The molecule has 0 N–H and O–H groups in total. The lowest BCUT2D eigenvalue weighted by Gasteiger charge is -2.48. The van der Waals surface area contributed by atoms with Gasteiger partial charge < -0.3 is 4.57 Å². The van der Waals surface area contributed by atoms with Crippen molar-refractivity contribution in [3.63, 3.8) is 0 Å². The van der Waals surface area contributed by atoms with E-state index in [0.29, 0.717) is 28.6 Å². The van der Waals surface area contributed by atoms with Gasteiger partial charge in [0.1, 0.15) is 12.2 Å². The van der Waals surface area contributed by atoms with Crippen LogP contribution in [0.25, 0.3) is 11.2 Å². The molecule has 0 unspecified atom stereocenters. The van der Waals surface area contributed by atoms with Crippen LogP contribution in [0.2, 0.25) is 0 Å². The Hall–Kier alpha value is -3.40. The molecule has 2 spiro atoms. The number of hydrogen-bond acceptors (Lipinski definition) is 4. The van der Waals surface area contributed by atoms with Gasteiger partial charge in [0, 0.05) is 39.1 Å². The first-order valence-electron chi connectivity index (χ1n) is 13.6. The molecule has 4 aromatic rings. The lowest BCUT2D eigenvalue weighted by molar-refractivity contribution is -0.136. The van der Waals surface area contributed by atoms with E-state index in [4.69, 9.17) is 0 Å². The van der Waals surface area contributed by atoms with Gasteiger partial charge in [0.25, 0.3) is 0 Å². The third-order valence-electron chi connectivity index (χ3n) is 9.74. The van der Waals surface area contributed by atoms with E-state index in [9.17, 15) is 18.0 Å². The number of alkyl halides is 3. The van der Waals surface area contributed by atoms with Crippen LogP contribution in [0.15, 0.2) is 53.8 Å². The maximum Gasteiger partial charge on any atom is 0.418 e. The van der Waals surface area contributed by atoms with Gasteiger partial charge >= 0.3 is 11.9 Å². The van der Waals surface area contributed by atoms with Gasteiger partial charge in [-0.25, -0.2) is 4.79 Å². The van der Waals surface area contributed by atoms with E-state index in [-0.39, 0.29) is 10.9 Å². The molecule has 0 atom stereocenters. The van der Waals surface area contributed by atoms with Crippen molar-refractivity contribution in [3.05, 3.63) is 82.1 Å². The van der Waals surface area contributed by atoms with Crippen LogP contribution in [0.4, 0.5) is 13.2 Å². The summed E-state index contributed by atoms with van der Waals surface area (Å²) in [7, 11) is 1.94. The molecule has 3 saturated carbocycles. The van der Waals surface area contributed by atoms with Crippen LogP contribution in [0.5, 0.6) is 0 Å². The summed E-state index contributed by atoms with van der Waals surface area (Å²) in [6.07, 6.45) is 6.77. The minimum absolute atomic E-state index is 0.132. The molecule has 7 nitrogen and oxygen atoms in total. The Kier molecular flexibility index (Phi) is 4.46. The van der Waals surface area contributed by atoms with E-state index in [1.807, 2.05) is 29.8 Å². The third kappa shape index (κ3) is 3.49. The Labute approximate surface area is 222 Å². The molecule has 8 rings (SSSR count). The van der Waals surface area contributed by atoms with E-state index < -0.39 is 17.4 Å². The molecule has 1 saturated heterocycles. The van der Waals surface area contributed by atoms with Crippen molar-refractivity contribution in [1.82, 2.24) is 28.6 Å². The summed E-state index contributed by atoms with van der Waals surface area (Å²) in [6, 6.07) is 8.84. The number of halogens is 3. The Bertz CT molecular complexity index is 1690. The second-order valence-electron chi connectivity index (χ2n) is 12.7. The van der Waals surface area contributed by atoms with Crippen molar-refractivity contribution >= 4 is 5.52 Å². The van der Waals surface area contributed by atoms with Crippen LogP contribution >= 0.6 is 0 Å². The number of pyridine rings is 1. The number of aryl methyl sites for hydroxylation is 1. The van der Waals surface area contributed by atoms with Crippen LogP contribution in [0, 0.1) is 10.8 Å². The maximum atomic E-state index is 14.2. The average molecular weight is 535 g/mol. The highest BCUT2D eigenvalue weighted by molar-refractivity contribution is 5.58. The predicted molar refractivity (Wildman–Crippen MR) is 138 cm³/mol. The van der Waals surface area contributed by atoms with Crippen molar-refractivity contribution in [1.29, 1.82) is 0 Å². The Morgan fingerprint density at radius 3 is 2.38 bits per heavy atom. The maximum absolute atomic E-state index is 14.2. The molecule has 1 aliphatic heterocycles. The highest BCUT2D eigenvalue weighted by Gasteiger charge is 2.63. The van der Waals surface area contributed by atoms with E-state index in [0.717, 1.165) is 37.3 Å². The first-order chi connectivity index (χ1) is 18.6. The van der Waals surface area contributed by atoms with Crippen LogP contribution in [-0.2, 0) is 25.2 Å². The van der Waals surface area contributed by atoms with E-state index in [1.54, 1.807) is 18.6 Å². The average Bonchev–Trinajstić information content (AvgIpc) is 3.76. The zero-order valence-corrected chi connectivity index (χ0v) is 21.7. The number of benzene rings is 1. The van der Waals surface area contributed by atoms with Gasteiger partial charge in [0.05, 0.1) is 22.2 Å². The summed E-state index contributed by atoms with van der Waals surface area (Å²) in [6.45, 7) is 2.25. The zero-order chi connectivity index (χ0) is 26.8. The number of aromatic nitrogens is 5. The van der Waals surface area contributed by atoms with Gasteiger partial charge in [0.2, 0.25) is 0 Å². The summed E-state index contributed by atoms with van der Waals surface area (Å²) < 4.78 is 47.1. The van der Waals surface area contributed by atoms with Crippen molar-refractivity contribution in [2.45, 2.75) is 56.7 Å². The summed E-state index contributed by atoms with van der Waals surface area (Å²) >= 11 is 0. The first-order valence-corrected chi connectivity index (χ1v) is 13.6. The molecule has 10 heteroatoms. The number of rotatable bonds is 5. The Balaban J connectivity index is 1.21. The van der Waals surface area contributed by atoms with Crippen LogP contribution in [-0.4, -0.2) is 41.7 Å². The second-order valence-corrected chi connectivity index (χ2v) is 12.7. The van der Waals surface area contributed by atoms with Crippen molar-refractivity contribution in [2.75, 3.05) is 13.1 Å². The minimum atomic E-state index is -4.58. The zero-order valence-electron chi connectivity index (χ0n) is 21.7. The molecule has 3 aromatic heterocycles. The number of imidazole rings is 1. The number of nitrogens with zero attached hydrogens (tertiary/aromatic N) is 6. The van der Waals surface area contributed by atoms with Crippen LogP contribution in [0.1, 0.15) is 61.0 Å². The van der Waals surface area contributed by atoms with Gasteiger partial charge in [-0.1, -0.05) is 12.1 Å². The molecule has 4 fully saturated rings. The summed E-state index contributed by atoms with van der Waals surface area (Å²) in [5, 5.41) is 8.56. The fraction of sp³-hybridized carbons (Fsp3) is 0.483. The van der Waals surface area contributed by atoms with E-state index >= 15 is 0 Å². The number of hydrogen-bond donors (Lipinski definition) is 0. The van der Waals surface area contributed by atoms with Gasteiger partial charge in [-0.2, -0.15) is 13.2 Å². The molecular formula is C29H29F3N6O. The SMILES string of the molecule is Cn1cnnc1C1(c2cccc(-n3cc4c(C(F)(F)F)cc(CN5CC6(CC6)C5)cn4c3=O)c2)CC2(CC2)C1. The number of likely N-dealkylation sites (tertiary alicyclic amines) is 1. The fourth-order valence-electron chi connectivity index (χ4n) is 7.43. The van der Waals surface area contributed by atoms with Crippen molar-refractivity contribution in [3.8, 4) is 5.69 Å². The molecule has 0 bridgehead atoms. The number of fused-ring (bicyclic) bond motifs is 1. The smallest absolute Gasteiger partial charge is 0.320 e. The lowest BCUT2D eigenvalue weighted by atomic mass is 9.56. The van der Waals surface area contributed by atoms with Gasteiger partial charge in [-0.15, -0.1) is 10.2 Å². The normalized spacial score (nSPS) is 22.3. The monoisotopic (exact) mass is 534 g/mol. The molecule has 202 valence electrons. The molecule has 3 aliphatic carbocycles. The highest BCUT2D eigenvalue weighted by Crippen LogP contribution is 2.70. The van der Waals surface area contributed by atoms with Crippen LogP contribution in [0.3, 0.4) is 0 Å². The summed E-state index contributed by atoms with van der Waals surface area (Å²) in [5.41, 5.74) is 1.10. The fourth-order valence-corrected chi connectivity index (χ4v) is 7.43. The van der Waals surface area contributed by atoms with Crippen molar-refractivity contribution in [2.24, 2.45) is 17.9 Å². The molecule has 0 amide bonds. The quantitative estimate of drug-likeness (QED) is 0.373.